The minimum absolute atomic E-state index is 0.106. The van der Waals surface area contributed by atoms with E-state index in [0.29, 0.717) is 0 Å². The van der Waals surface area contributed by atoms with Crippen molar-refractivity contribution >= 4 is 54.6 Å². The smallest absolute Gasteiger partial charge is 0.143 e. The second-order valence-corrected chi connectivity index (χ2v) is 12.5. The Balaban J connectivity index is 1.17. The van der Waals surface area contributed by atoms with Crippen LogP contribution in [0.25, 0.3) is 65.8 Å². The Labute approximate surface area is 276 Å². The first kappa shape index (κ1) is 27.3. The Morgan fingerprint density at radius 3 is 2.15 bits per heavy atom. The van der Waals surface area contributed by atoms with Crippen molar-refractivity contribution < 1.29 is 8.83 Å². The Morgan fingerprint density at radius 1 is 0.479 bits per heavy atom. The lowest BCUT2D eigenvalue weighted by Crippen LogP contribution is -2.54. The predicted molar refractivity (Wildman–Crippen MR) is 192 cm³/mol. The van der Waals surface area contributed by atoms with Crippen LogP contribution in [0.1, 0.15) is 35.2 Å². The van der Waals surface area contributed by atoms with Crippen LogP contribution < -0.4 is 16.0 Å². The molecule has 0 spiro atoms. The van der Waals surface area contributed by atoms with E-state index in [4.69, 9.17) is 8.83 Å². The fourth-order valence-corrected chi connectivity index (χ4v) is 7.44. The Hall–Kier alpha value is -5.79. The zero-order valence-electron chi connectivity index (χ0n) is 25.9. The number of benzene rings is 6. The highest BCUT2D eigenvalue weighted by molar-refractivity contribution is 6.17. The van der Waals surface area contributed by atoms with Crippen molar-refractivity contribution in [1.82, 2.24) is 20.9 Å². The number of hydrogen-bond acceptors (Lipinski definition) is 6. The van der Waals surface area contributed by atoms with E-state index in [2.05, 4.69) is 130 Å². The number of nitrogens with zero attached hydrogens (tertiary/aromatic N) is 1. The first-order valence-corrected chi connectivity index (χ1v) is 16.3. The highest BCUT2D eigenvalue weighted by atomic mass is 16.3. The van der Waals surface area contributed by atoms with Crippen LogP contribution >= 0.6 is 0 Å². The zero-order chi connectivity index (χ0) is 31.6. The van der Waals surface area contributed by atoms with Crippen molar-refractivity contribution in [1.29, 1.82) is 0 Å². The van der Waals surface area contributed by atoms with Crippen LogP contribution in [0.5, 0.6) is 0 Å². The molecule has 0 aliphatic carbocycles. The summed E-state index contributed by atoms with van der Waals surface area (Å²) in [7, 11) is 0. The Morgan fingerprint density at radius 2 is 1.23 bits per heavy atom. The largest absolute Gasteiger partial charge is 0.456 e. The van der Waals surface area contributed by atoms with E-state index in [9.17, 15) is 0 Å². The molecule has 0 radical (unpaired) electrons. The van der Waals surface area contributed by atoms with Crippen molar-refractivity contribution in [3.63, 3.8) is 0 Å². The van der Waals surface area contributed by atoms with Crippen molar-refractivity contribution in [2.45, 2.75) is 18.5 Å². The summed E-state index contributed by atoms with van der Waals surface area (Å²) >= 11 is 0. The van der Waals surface area contributed by atoms with Gasteiger partial charge in [-0.05, 0) is 57.3 Å². The van der Waals surface area contributed by atoms with Crippen LogP contribution in [0.4, 0.5) is 0 Å². The second kappa shape index (κ2) is 10.9. The minimum atomic E-state index is -0.212. The molecule has 6 aromatic carbocycles. The van der Waals surface area contributed by atoms with Crippen molar-refractivity contribution in [3.8, 4) is 11.1 Å². The summed E-state index contributed by atoms with van der Waals surface area (Å²) in [6, 6.07) is 46.6. The fraction of sp³-hybridized carbons (Fsp3) is 0.0714. The summed E-state index contributed by atoms with van der Waals surface area (Å²) in [6.45, 7) is 0. The van der Waals surface area contributed by atoms with Crippen LogP contribution in [-0.2, 0) is 0 Å². The lowest BCUT2D eigenvalue weighted by molar-refractivity contribution is 0.204. The molecule has 3 N–H and O–H groups in total. The van der Waals surface area contributed by atoms with E-state index in [-0.39, 0.29) is 18.5 Å². The van der Waals surface area contributed by atoms with Gasteiger partial charge in [0.05, 0.1) is 18.5 Å². The number of nitrogens with one attached hydrogen (secondary N) is 3. The quantitative estimate of drug-likeness (QED) is 0.181. The normalized spacial score (nSPS) is 18.4. The van der Waals surface area contributed by atoms with E-state index < -0.39 is 0 Å². The molecule has 230 valence electrons. The van der Waals surface area contributed by atoms with Crippen molar-refractivity contribution in [2.75, 3.05) is 0 Å². The molecule has 4 heterocycles. The number of furan rings is 2. The van der Waals surface area contributed by atoms with Crippen molar-refractivity contribution in [2.24, 2.45) is 0 Å². The summed E-state index contributed by atoms with van der Waals surface area (Å²) in [5.74, 6) is 0. The molecule has 1 aliphatic rings. The van der Waals surface area contributed by atoms with Gasteiger partial charge in [-0.3, -0.25) is 20.9 Å². The SMILES string of the molecule is c1ccc(C2NC(c3ccc4ccccc4c3)NC(c3ccc(-c4cccc5oc6ccccc6c45)c4oc5ccncc5c34)N2)cc1. The van der Waals surface area contributed by atoms with Gasteiger partial charge >= 0.3 is 0 Å². The lowest BCUT2D eigenvalue weighted by Gasteiger charge is -2.40. The van der Waals surface area contributed by atoms with Crippen LogP contribution in [-0.4, -0.2) is 4.98 Å². The van der Waals surface area contributed by atoms with Gasteiger partial charge in [-0.15, -0.1) is 0 Å². The molecule has 3 atom stereocenters. The summed E-state index contributed by atoms with van der Waals surface area (Å²) in [6.07, 6.45) is 3.26. The van der Waals surface area contributed by atoms with Crippen LogP contribution in [0.2, 0.25) is 0 Å². The molecule has 6 heteroatoms. The van der Waals surface area contributed by atoms with Crippen molar-refractivity contribution in [3.05, 3.63) is 163 Å². The highest BCUT2D eigenvalue weighted by Gasteiger charge is 2.32. The minimum Gasteiger partial charge on any atom is -0.456 e. The zero-order valence-corrected chi connectivity index (χ0v) is 25.9. The van der Waals surface area contributed by atoms with E-state index in [0.717, 1.165) is 60.6 Å². The third-order valence-corrected chi connectivity index (χ3v) is 9.70. The van der Waals surface area contributed by atoms with Gasteiger partial charge < -0.3 is 8.83 Å². The molecule has 1 aliphatic heterocycles. The topological polar surface area (TPSA) is 75.3 Å². The predicted octanol–water partition coefficient (Wildman–Crippen LogP) is 9.88. The molecular formula is C42H30N4O2. The molecule has 10 rings (SSSR count). The van der Waals surface area contributed by atoms with Crippen LogP contribution in [0.15, 0.2) is 155 Å². The molecule has 0 saturated carbocycles. The third kappa shape index (κ3) is 4.35. The molecule has 6 nitrogen and oxygen atoms in total. The number of fused-ring (bicyclic) bond motifs is 7. The van der Waals surface area contributed by atoms with Crippen LogP contribution in [0, 0.1) is 0 Å². The molecule has 48 heavy (non-hydrogen) atoms. The number of pyridine rings is 1. The van der Waals surface area contributed by atoms with Gasteiger partial charge in [0.2, 0.25) is 0 Å². The Kier molecular flexibility index (Phi) is 6.20. The Bertz CT molecular complexity index is 2640. The number of para-hydroxylation sites is 1. The van der Waals surface area contributed by atoms with Gasteiger partial charge in [0.1, 0.15) is 22.3 Å². The summed E-state index contributed by atoms with van der Waals surface area (Å²) in [5, 5.41) is 18.2. The molecule has 0 bridgehead atoms. The standard InChI is InChI=1S/C42H30N4O2/c1-2-10-26(11-3-1)40-44-41(28-18-17-25-9-4-5-12-27(25)23-28)46-42(45-40)32-20-19-30(39-38(32)33-24-43-22-21-35(33)48-39)29-14-8-16-36-37(29)31-13-6-7-15-34(31)47-36/h1-24,40-42,44-46H. The first-order valence-electron chi connectivity index (χ1n) is 16.3. The van der Waals surface area contributed by atoms with E-state index in [1.54, 1.807) is 6.20 Å². The number of rotatable bonds is 4. The molecule has 3 aromatic heterocycles. The average molecular weight is 623 g/mol. The maximum atomic E-state index is 6.74. The highest BCUT2D eigenvalue weighted by Crippen LogP contribution is 2.44. The summed E-state index contributed by atoms with van der Waals surface area (Å²) in [5.41, 5.74) is 8.88. The third-order valence-electron chi connectivity index (χ3n) is 9.70. The van der Waals surface area contributed by atoms with Gasteiger partial charge in [-0.1, -0.05) is 109 Å². The van der Waals surface area contributed by atoms with Gasteiger partial charge in [-0.25, -0.2) is 0 Å². The molecule has 1 fully saturated rings. The lowest BCUT2D eigenvalue weighted by atomic mass is 9.94. The molecule has 9 aromatic rings. The molecule has 1 saturated heterocycles. The molecule has 0 amide bonds. The first-order chi connectivity index (χ1) is 23.8. The maximum Gasteiger partial charge on any atom is 0.143 e. The van der Waals surface area contributed by atoms with E-state index >= 15 is 0 Å². The maximum absolute atomic E-state index is 6.74. The van der Waals surface area contributed by atoms with Gasteiger partial charge in [0, 0.05) is 39.5 Å². The fourth-order valence-electron chi connectivity index (χ4n) is 7.44. The molecular weight excluding hydrogens is 592 g/mol. The number of hydrogen-bond donors (Lipinski definition) is 3. The van der Waals surface area contributed by atoms with Gasteiger partial charge in [0.25, 0.3) is 0 Å². The number of aromatic nitrogens is 1. The molecule has 3 unspecified atom stereocenters. The average Bonchev–Trinajstić information content (AvgIpc) is 3.74. The van der Waals surface area contributed by atoms with E-state index in [1.807, 2.05) is 30.5 Å². The monoisotopic (exact) mass is 622 g/mol. The summed E-state index contributed by atoms with van der Waals surface area (Å²) in [4.78, 5) is 4.53. The second-order valence-electron chi connectivity index (χ2n) is 12.5. The van der Waals surface area contributed by atoms with E-state index in [1.165, 1.54) is 21.9 Å². The summed E-state index contributed by atoms with van der Waals surface area (Å²) < 4.78 is 13.0. The van der Waals surface area contributed by atoms with Gasteiger partial charge in [-0.2, -0.15) is 0 Å². The van der Waals surface area contributed by atoms with Gasteiger partial charge in [0.15, 0.2) is 0 Å². The van der Waals surface area contributed by atoms with Crippen LogP contribution in [0.3, 0.4) is 0 Å².